The van der Waals surface area contributed by atoms with Crippen molar-refractivity contribution in [2.45, 2.75) is 6.54 Å². The minimum Gasteiger partial charge on any atom is -0.492 e. The molecule has 0 atom stereocenters. The van der Waals surface area contributed by atoms with E-state index in [1.165, 1.54) is 0 Å². The summed E-state index contributed by atoms with van der Waals surface area (Å²) < 4.78 is 7.89. The molecule has 1 aliphatic heterocycles. The summed E-state index contributed by atoms with van der Waals surface area (Å²) >= 11 is 0. The molecule has 0 radical (unpaired) electrons. The molecule has 130 valence electrons. The third-order valence-corrected chi connectivity index (χ3v) is 4.68. The van der Waals surface area contributed by atoms with Crippen molar-refractivity contribution in [2.24, 2.45) is 0 Å². The molecule has 0 spiro atoms. The second-order valence-electron chi connectivity index (χ2n) is 6.48. The molecule has 5 heteroatoms. The Morgan fingerprint density at radius 1 is 0.880 bits per heavy atom. The predicted molar refractivity (Wildman–Crippen MR) is 98.8 cm³/mol. The van der Waals surface area contributed by atoms with E-state index in [0.717, 1.165) is 63.0 Å². The lowest BCUT2D eigenvalue weighted by Crippen LogP contribution is -2.47. The summed E-state index contributed by atoms with van der Waals surface area (Å²) in [6.07, 6.45) is 4.19. The smallest absolute Gasteiger partial charge is 0.137 e. The topological polar surface area (TPSA) is 33.0 Å². The fourth-order valence-corrected chi connectivity index (χ4v) is 3.27. The molecular weight excluding hydrogens is 312 g/mol. The quantitative estimate of drug-likeness (QED) is 0.693. The van der Waals surface area contributed by atoms with Gasteiger partial charge in [-0.2, -0.15) is 0 Å². The Morgan fingerprint density at radius 2 is 1.64 bits per heavy atom. The monoisotopic (exact) mass is 336 g/mol. The molecular formula is C20H24N4O. The van der Waals surface area contributed by atoms with Crippen molar-refractivity contribution < 1.29 is 4.74 Å². The first kappa shape index (κ1) is 16.1. The number of aromatic nitrogens is 2. The number of hydrogen-bond donors (Lipinski definition) is 0. The van der Waals surface area contributed by atoms with E-state index in [4.69, 9.17) is 9.72 Å². The molecule has 0 N–H and O–H groups in total. The average Bonchev–Trinajstić information content (AvgIpc) is 3.06. The van der Waals surface area contributed by atoms with Crippen LogP contribution in [0.4, 0.5) is 0 Å². The summed E-state index contributed by atoms with van der Waals surface area (Å²) in [4.78, 5) is 9.65. The highest BCUT2D eigenvalue weighted by Crippen LogP contribution is 2.11. The molecule has 3 heterocycles. The second kappa shape index (κ2) is 7.68. The summed E-state index contributed by atoms with van der Waals surface area (Å²) in [7, 11) is 0. The molecule has 25 heavy (non-hydrogen) atoms. The predicted octanol–water partition coefficient (Wildman–Crippen LogP) is 2.53. The van der Waals surface area contributed by atoms with Gasteiger partial charge in [0.1, 0.15) is 18.0 Å². The number of para-hydroxylation sites is 1. The summed E-state index contributed by atoms with van der Waals surface area (Å²) in [6, 6.07) is 16.2. The normalized spacial score (nSPS) is 16.3. The van der Waals surface area contributed by atoms with Crippen molar-refractivity contribution in [1.29, 1.82) is 0 Å². The molecule has 0 saturated carbocycles. The van der Waals surface area contributed by atoms with Crippen LogP contribution >= 0.6 is 0 Å². The molecule has 0 aliphatic carbocycles. The summed E-state index contributed by atoms with van der Waals surface area (Å²) in [5.41, 5.74) is 2.17. The van der Waals surface area contributed by atoms with E-state index >= 15 is 0 Å². The largest absolute Gasteiger partial charge is 0.492 e. The molecule has 2 aromatic heterocycles. The van der Waals surface area contributed by atoms with Crippen LogP contribution in [0.1, 0.15) is 5.69 Å². The second-order valence-corrected chi connectivity index (χ2v) is 6.48. The first-order valence-electron chi connectivity index (χ1n) is 8.92. The summed E-state index contributed by atoms with van der Waals surface area (Å²) in [5, 5.41) is 0. The van der Waals surface area contributed by atoms with Gasteiger partial charge in [0.25, 0.3) is 0 Å². The lowest BCUT2D eigenvalue weighted by molar-refractivity contribution is 0.112. The number of piperazine rings is 1. The van der Waals surface area contributed by atoms with Gasteiger partial charge < -0.3 is 9.14 Å². The van der Waals surface area contributed by atoms with Gasteiger partial charge in [-0.3, -0.25) is 9.80 Å². The third kappa shape index (κ3) is 4.18. The van der Waals surface area contributed by atoms with Crippen LogP contribution in [-0.4, -0.2) is 58.5 Å². The van der Waals surface area contributed by atoms with Gasteiger partial charge in [-0.15, -0.1) is 0 Å². The zero-order valence-electron chi connectivity index (χ0n) is 14.4. The first-order chi connectivity index (χ1) is 12.4. The van der Waals surface area contributed by atoms with Crippen LogP contribution in [0.5, 0.6) is 5.75 Å². The number of pyridine rings is 1. The van der Waals surface area contributed by atoms with E-state index in [2.05, 4.69) is 26.6 Å². The fourth-order valence-electron chi connectivity index (χ4n) is 3.27. The molecule has 0 unspecified atom stereocenters. The summed E-state index contributed by atoms with van der Waals surface area (Å²) in [6.45, 7) is 7.00. The standard InChI is InChI=1S/C20H24N4O/c1-2-6-19(7-3-1)25-15-14-22-10-12-23(13-11-22)16-18-17-24-9-5-4-8-20(24)21-18/h1-9,17H,10-16H2. The zero-order chi connectivity index (χ0) is 16.9. The van der Waals surface area contributed by atoms with Gasteiger partial charge in [-0.05, 0) is 24.3 Å². The van der Waals surface area contributed by atoms with Gasteiger partial charge in [-0.25, -0.2) is 4.98 Å². The van der Waals surface area contributed by atoms with E-state index in [1.807, 2.05) is 48.5 Å². The van der Waals surface area contributed by atoms with Gasteiger partial charge in [-0.1, -0.05) is 24.3 Å². The Bertz CT molecular complexity index is 761. The maximum atomic E-state index is 5.80. The molecule has 1 aliphatic rings. The van der Waals surface area contributed by atoms with Crippen LogP contribution in [0.2, 0.25) is 0 Å². The van der Waals surface area contributed by atoms with Crippen molar-refractivity contribution in [3.8, 4) is 5.75 Å². The Balaban J connectivity index is 1.21. The molecule has 0 amide bonds. The molecule has 4 rings (SSSR count). The minimum atomic E-state index is 0.746. The average molecular weight is 336 g/mol. The lowest BCUT2D eigenvalue weighted by Gasteiger charge is -2.34. The molecule has 0 bridgehead atoms. The molecule has 5 nitrogen and oxygen atoms in total. The highest BCUT2D eigenvalue weighted by Gasteiger charge is 2.17. The molecule has 1 aromatic carbocycles. The van der Waals surface area contributed by atoms with Crippen molar-refractivity contribution in [2.75, 3.05) is 39.3 Å². The van der Waals surface area contributed by atoms with Crippen LogP contribution in [0, 0.1) is 0 Å². The first-order valence-corrected chi connectivity index (χ1v) is 8.92. The van der Waals surface area contributed by atoms with Crippen LogP contribution < -0.4 is 4.74 Å². The molecule has 1 fully saturated rings. The van der Waals surface area contributed by atoms with Gasteiger partial charge in [0.2, 0.25) is 0 Å². The lowest BCUT2D eigenvalue weighted by atomic mass is 10.3. The fraction of sp³-hybridized carbons (Fsp3) is 0.350. The number of imidazole rings is 1. The zero-order valence-corrected chi connectivity index (χ0v) is 14.4. The van der Waals surface area contributed by atoms with Gasteiger partial charge in [0, 0.05) is 51.7 Å². The van der Waals surface area contributed by atoms with Crippen LogP contribution in [0.3, 0.4) is 0 Å². The van der Waals surface area contributed by atoms with E-state index in [-0.39, 0.29) is 0 Å². The number of benzene rings is 1. The van der Waals surface area contributed by atoms with Crippen molar-refractivity contribution in [3.63, 3.8) is 0 Å². The number of ether oxygens (including phenoxy) is 1. The molecule has 3 aromatic rings. The van der Waals surface area contributed by atoms with Crippen molar-refractivity contribution >= 4 is 5.65 Å². The Labute approximate surface area is 148 Å². The van der Waals surface area contributed by atoms with Crippen LogP contribution in [0.15, 0.2) is 60.9 Å². The van der Waals surface area contributed by atoms with Crippen LogP contribution in [-0.2, 0) is 6.54 Å². The third-order valence-electron chi connectivity index (χ3n) is 4.68. The molecule has 1 saturated heterocycles. The Kier molecular flexibility index (Phi) is 4.95. The number of rotatable bonds is 6. The van der Waals surface area contributed by atoms with E-state index in [0.29, 0.717) is 0 Å². The van der Waals surface area contributed by atoms with E-state index in [1.54, 1.807) is 0 Å². The number of hydrogen-bond acceptors (Lipinski definition) is 4. The highest BCUT2D eigenvalue weighted by atomic mass is 16.5. The minimum absolute atomic E-state index is 0.746. The SMILES string of the molecule is c1ccc(OCCN2CCN(Cc3cn4ccccc4n3)CC2)cc1. The number of fused-ring (bicyclic) bond motifs is 1. The van der Waals surface area contributed by atoms with Gasteiger partial charge in [0.15, 0.2) is 0 Å². The van der Waals surface area contributed by atoms with Crippen LogP contribution in [0.25, 0.3) is 5.65 Å². The van der Waals surface area contributed by atoms with Crippen molar-refractivity contribution in [3.05, 3.63) is 66.6 Å². The van der Waals surface area contributed by atoms with E-state index < -0.39 is 0 Å². The van der Waals surface area contributed by atoms with Gasteiger partial charge >= 0.3 is 0 Å². The van der Waals surface area contributed by atoms with Crippen molar-refractivity contribution in [1.82, 2.24) is 19.2 Å². The maximum absolute atomic E-state index is 5.80. The van der Waals surface area contributed by atoms with Gasteiger partial charge in [0.05, 0.1) is 5.69 Å². The number of nitrogens with zero attached hydrogens (tertiary/aromatic N) is 4. The van der Waals surface area contributed by atoms with E-state index in [9.17, 15) is 0 Å². The highest BCUT2D eigenvalue weighted by molar-refractivity contribution is 5.39. The Hall–Kier alpha value is -2.37. The maximum Gasteiger partial charge on any atom is 0.137 e. The Morgan fingerprint density at radius 3 is 2.44 bits per heavy atom. The summed E-state index contributed by atoms with van der Waals surface area (Å²) in [5.74, 6) is 0.952.